The number of aryl methyl sites for hydroxylation is 2. The molecule has 2 atom stereocenters. The van der Waals surface area contributed by atoms with Crippen LogP contribution in [0.1, 0.15) is 30.4 Å². The van der Waals surface area contributed by atoms with Gasteiger partial charge in [-0.2, -0.15) is 0 Å². The van der Waals surface area contributed by atoms with Crippen LogP contribution in [0, 0.1) is 13.8 Å². The number of hydrogen-bond acceptors (Lipinski definition) is 4. The molecule has 5 nitrogen and oxygen atoms in total. The normalized spacial score (nSPS) is 23.0. The van der Waals surface area contributed by atoms with Crippen LogP contribution in [-0.2, 0) is 10.0 Å². The van der Waals surface area contributed by atoms with Gasteiger partial charge >= 0.3 is 0 Å². The Hall–Kier alpha value is -1.11. The lowest BCUT2D eigenvalue weighted by Crippen LogP contribution is -2.34. The van der Waals surface area contributed by atoms with Crippen molar-refractivity contribution >= 4 is 10.0 Å². The second-order valence-corrected chi connectivity index (χ2v) is 7.20. The fraction of sp³-hybridized carbons (Fsp3) is 0.571. The van der Waals surface area contributed by atoms with Gasteiger partial charge in [-0.3, -0.25) is 0 Å². The van der Waals surface area contributed by atoms with Gasteiger partial charge < -0.3 is 10.5 Å². The van der Waals surface area contributed by atoms with Crippen molar-refractivity contribution in [1.82, 2.24) is 4.72 Å². The molecule has 6 heteroatoms. The van der Waals surface area contributed by atoms with E-state index in [0.717, 1.165) is 29.7 Å². The Morgan fingerprint density at radius 3 is 2.30 bits per heavy atom. The Bertz CT molecular complexity index is 575. The molecule has 0 saturated heterocycles. The summed E-state index contributed by atoms with van der Waals surface area (Å²) in [5.74, 6) is 0.729. The number of nitrogens with two attached hydrogens (primary N) is 1. The van der Waals surface area contributed by atoms with E-state index in [1.807, 2.05) is 13.8 Å². The molecular weight excluding hydrogens is 276 g/mol. The molecular formula is C14H22N2O3S. The number of nitrogens with one attached hydrogen (secondary N) is 1. The molecule has 0 aliphatic heterocycles. The Kier molecular flexibility index (Phi) is 4.36. The molecule has 1 aliphatic rings. The second-order valence-electron chi connectivity index (χ2n) is 5.48. The zero-order chi connectivity index (χ0) is 14.9. The lowest BCUT2D eigenvalue weighted by atomic mass is 10.1. The molecule has 112 valence electrons. The maximum atomic E-state index is 12.4. The molecule has 1 fully saturated rings. The molecule has 0 radical (unpaired) electrons. The third-order valence-corrected chi connectivity index (χ3v) is 5.24. The van der Waals surface area contributed by atoms with Crippen LogP contribution in [0.3, 0.4) is 0 Å². The molecule has 20 heavy (non-hydrogen) atoms. The van der Waals surface area contributed by atoms with Gasteiger partial charge in [-0.15, -0.1) is 0 Å². The third kappa shape index (κ3) is 3.13. The smallest absolute Gasteiger partial charge is 0.240 e. The molecule has 1 aromatic rings. The van der Waals surface area contributed by atoms with Gasteiger partial charge in [-0.05, 0) is 56.4 Å². The van der Waals surface area contributed by atoms with Gasteiger partial charge in [0, 0.05) is 12.1 Å². The second kappa shape index (κ2) is 5.71. The number of ether oxygens (including phenoxy) is 1. The molecule has 1 aromatic carbocycles. The highest BCUT2D eigenvalue weighted by atomic mass is 32.2. The monoisotopic (exact) mass is 298 g/mol. The summed E-state index contributed by atoms with van der Waals surface area (Å²) in [5.41, 5.74) is 7.45. The van der Waals surface area contributed by atoms with Gasteiger partial charge in [-0.25, -0.2) is 13.1 Å². The maximum Gasteiger partial charge on any atom is 0.240 e. The first-order chi connectivity index (χ1) is 9.33. The predicted octanol–water partition coefficient (Wildman–Crippen LogP) is 1.47. The lowest BCUT2D eigenvalue weighted by molar-refractivity contribution is 0.408. The van der Waals surface area contributed by atoms with Crippen molar-refractivity contribution in [3.05, 3.63) is 23.3 Å². The molecule has 2 rings (SSSR count). The van der Waals surface area contributed by atoms with E-state index in [-0.39, 0.29) is 17.0 Å². The standard InChI is InChI=1S/C14H22N2O3S/c1-9-6-13(7-10(2)14(9)19-3)20(17,18)16-12-5-4-11(15)8-12/h6-7,11-12,16H,4-5,8,15H2,1-3H3/t11-,12-/m1/s1. The molecule has 0 aromatic heterocycles. The fourth-order valence-electron chi connectivity index (χ4n) is 2.80. The van der Waals surface area contributed by atoms with E-state index in [2.05, 4.69) is 4.72 Å². The van der Waals surface area contributed by atoms with Crippen LogP contribution in [0.25, 0.3) is 0 Å². The van der Waals surface area contributed by atoms with Gasteiger partial charge in [-0.1, -0.05) is 0 Å². The number of rotatable bonds is 4. The molecule has 1 aliphatic carbocycles. The first-order valence-corrected chi connectivity index (χ1v) is 8.25. The van der Waals surface area contributed by atoms with Gasteiger partial charge in [0.1, 0.15) is 5.75 Å². The summed E-state index contributed by atoms with van der Waals surface area (Å²) in [6.45, 7) is 3.69. The minimum absolute atomic E-state index is 0.0577. The molecule has 1 saturated carbocycles. The van der Waals surface area contributed by atoms with Crippen LogP contribution >= 0.6 is 0 Å². The average Bonchev–Trinajstić information content (AvgIpc) is 2.73. The Morgan fingerprint density at radius 2 is 1.85 bits per heavy atom. The molecule has 0 bridgehead atoms. The Balaban J connectivity index is 2.26. The number of benzene rings is 1. The van der Waals surface area contributed by atoms with Gasteiger partial charge in [0.05, 0.1) is 12.0 Å². The Morgan fingerprint density at radius 1 is 1.25 bits per heavy atom. The Labute approximate surface area is 120 Å². The van der Waals surface area contributed by atoms with Crippen molar-refractivity contribution in [2.24, 2.45) is 5.73 Å². The third-order valence-electron chi connectivity index (χ3n) is 3.74. The quantitative estimate of drug-likeness (QED) is 0.882. The maximum absolute atomic E-state index is 12.4. The van der Waals surface area contributed by atoms with E-state index in [1.54, 1.807) is 19.2 Å². The highest BCUT2D eigenvalue weighted by molar-refractivity contribution is 7.89. The highest BCUT2D eigenvalue weighted by Crippen LogP contribution is 2.27. The lowest BCUT2D eigenvalue weighted by Gasteiger charge is -2.15. The molecule has 3 N–H and O–H groups in total. The summed E-state index contributed by atoms with van der Waals surface area (Å²) in [4.78, 5) is 0.286. The van der Waals surface area contributed by atoms with Crippen LogP contribution in [-0.4, -0.2) is 27.6 Å². The summed E-state index contributed by atoms with van der Waals surface area (Å²) >= 11 is 0. The zero-order valence-corrected chi connectivity index (χ0v) is 13.0. The number of methoxy groups -OCH3 is 1. The summed E-state index contributed by atoms with van der Waals surface area (Å²) in [6, 6.07) is 3.33. The van der Waals surface area contributed by atoms with Gasteiger partial charge in [0.2, 0.25) is 10.0 Å². The first kappa shape index (κ1) is 15.3. The van der Waals surface area contributed by atoms with Crippen molar-refractivity contribution in [3.63, 3.8) is 0 Å². The average molecular weight is 298 g/mol. The minimum Gasteiger partial charge on any atom is -0.496 e. The fourth-order valence-corrected chi connectivity index (χ4v) is 4.25. The van der Waals surface area contributed by atoms with E-state index in [1.165, 1.54) is 0 Å². The summed E-state index contributed by atoms with van der Waals surface area (Å²) in [6.07, 6.45) is 2.37. The first-order valence-electron chi connectivity index (χ1n) is 6.76. The molecule has 0 unspecified atom stereocenters. The van der Waals surface area contributed by atoms with Gasteiger partial charge in [0.15, 0.2) is 0 Å². The summed E-state index contributed by atoms with van der Waals surface area (Å²) < 4.78 is 32.8. The van der Waals surface area contributed by atoms with E-state index in [4.69, 9.17) is 10.5 Å². The predicted molar refractivity (Wildman–Crippen MR) is 78.4 cm³/mol. The van der Waals surface area contributed by atoms with E-state index < -0.39 is 10.0 Å². The van der Waals surface area contributed by atoms with Gasteiger partial charge in [0.25, 0.3) is 0 Å². The van der Waals surface area contributed by atoms with Crippen LogP contribution in [0.4, 0.5) is 0 Å². The van der Waals surface area contributed by atoms with E-state index >= 15 is 0 Å². The van der Waals surface area contributed by atoms with Crippen molar-refractivity contribution in [3.8, 4) is 5.75 Å². The zero-order valence-electron chi connectivity index (χ0n) is 12.1. The molecule has 0 heterocycles. The van der Waals surface area contributed by atoms with Crippen LogP contribution < -0.4 is 15.2 Å². The van der Waals surface area contributed by atoms with Crippen molar-refractivity contribution in [2.75, 3.05) is 7.11 Å². The van der Waals surface area contributed by atoms with E-state index in [0.29, 0.717) is 6.42 Å². The topological polar surface area (TPSA) is 81.4 Å². The summed E-state index contributed by atoms with van der Waals surface area (Å²) in [7, 11) is -1.91. The van der Waals surface area contributed by atoms with Crippen LogP contribution in [0.15, 0.2) is 17.0 Å². The van der Waals surface area contributed by atoms with Crippen LogP contribution in [0.5, 0.6) is 5.75 Å². The highest BCUT2D eigenvalue weighted by Gasteiger charge is 2.27. The molecule has 0 spiro atoms. The molecule has 0 amide bonds. The van der Waals surface area contributed by atoms with Crippen LogP contribution in [0.2, 0.25) is 0 Å². The van der Waals surface area contributed by atoms with Crippen molar-refractivity contribution in [2.45, 2.75) is 50.1 Å². The van der Waals surface area contributed by atoms with Crippen molar-refractivity contribution in [1.29, 1.82) is 0 Å². The largest absolute Gasteiger partial charge is 0.496 e. The SMILES string of the molecule is COc1c(C)cc(S(=O)(=O)N[C@@H]2CC[C@@H](N)C2)cc1C. The van der Waals surface area contributed by atoms with Crippen molar-refractivity contribution < 1.29 is 13.2 Å². The van der Waals surface area contributed by atoms with E-state index in [9.17, 15) is 8.42 Å². The minimum atomic E-state index is -3.50. The number of hydrogen-bond donors (Lipinski definition) is 2. The number of sulfonamides is 1. The summed E-state index contributed by atoms with van der Waals surface area (Å²) in [5, 5.41) is 0.